The first-order valence-corrected chi connectivity index (χ1v) is 8.91. The van der Waals surface area contributed by atoms with E-state index in [1.165, 1.54) is 7.11 Å². The number of esters is 1. The molecule has 1 aromatic heterocycles. The number of rotatable bonds is 8. The molecule has 0 atom stereocenters. The van der Waals surface area contributed by atoms with Crippen LogP contribution in [0.2, 0.25) is 0 Å². The summed E-state index contributed by atoms with van der Waals surface area (Å²) in [5.74, 6) is 1.22. The van der Waals surface area contributed by atoms with Gasteiger partial charge in [0.15, 0.2) is 11.5 Å². The average molecular weight is 394 g/mol. The minimum atomic E-state index is -0.530. The van der Waals surface area contributed by atoms with Crippen molar-refractivity contribution >= 4 is 17.9 Å². The molecular formula is C22H22N2O5. The normalized spacial score (nSPS) is 10.7. The largest absolute Gasteiger partial charge is 0.493 e. The van der Waals surface area contributed by atoms with Crippen LogP contribution in [0, 0.1) is 0 Å². The smallest absolute Gasteiger partial charge is 0.373 e. The van der Waals surface area contributed by atoms with Crippen molar-refractivity contribution < 1.29 is 23.4 Å². The van der Waals surface area contributed by atoms with Gasteiger partial charge >= 0.3 is 5.97 Å². The van der Waals surface area contributed by atoms with Crippen LogP contribution in [0.5, 0.6) is 11.5 Å². The third-order valence-corrected chi connectivity index (χ3v) is 4.12. The molecule has 0 aliphatic rings. The highest BCUT2D eigenvalue weighted by Crippen LogP contribution is 2.28. The minimum absolute atomic E-state index is 0.132. The fourth-order valence-corrected chi connectivity index (χ4v) is 2.56. The van der Waals surface area contributed by atoms with E-state index in [2.05, 4.69) is 9.84 Å². The molecule has 150 valence electrons. The second-order valence-electron chi connectivity index (χ2n) is 6.06. The zero-order chi connectivity index (χ0) is 20.6. The van der Waals surface area contributed by atoms with Crippen LogP contribution < -0.4 is 14.5 Å². The summed E-state index contributed by atoms with van der Waals surface area (Å²) in [6, 6.07) is 18.6. The Bertz CT molecular complexity index is 982. The van der Waals surface area contributed by atoms with Crippen molar-refractivity contribution in [2.24, 2.45) is 5.10 Å². The number of furan rings is 1. The monoisotopic (exact) mass is 394 g/mol. The summed E-state index contributed by atoms with van der Waals surface area (Å²) in [6.45, 7) is 0.150. The lowest BCUT2D eigenvalue weighted by Gasteiger charge is -2.13. The Labute approximate surface area is 169 Å². The van der Waals surface area contributed by atoms with Gasteiger partial charge in [-0.3, -0.25) is 5.01 Å². The van der Waals surface area contributed by atoms with Crippen molar-refractivity contribution in [3.63, 3.8) is 0 Å². The molecule has 7 nitrogen and oxygen atoms in total. The fraction of sp³-hybridized carbons (Fsp3) is 0.182. The highest BCUT2D eigenvalue weighted by atomic mass is 16.5. The molecule has 0 aliphatic heterocycles. The van der Waals surface area contributed by atoms with Gasteiger partial charge in [-0.25, -0.2) is 4.79 Å². The Morgan fingerprint density at radius 2 is 1.86 bits per heavy atom. The van der Waals surface area contributed by atoms with Crippen molar-refractivity contribution in [3.8, 4) is 11.5 Å². The summed E-state index contributed by atoms with van der Waals surface area (Å²) in [5, 5.41) is 6.23. The van der Waals surface area contributed by atoms with Gasteiger partial charge in [-0.2, -0.15) is 5.10 Å². The lowest BCUT2D eigenvalue weighted by atomic mass is 10.2. The highest BCUT2D eigenvalue weighted by molar-refractivity contribution is 5.86. The van der Waals surface area contributed by atoms with E-state index in [0.717, 1.165) is 11.3 Å². The zero-order valence-electron chi connectivity index (χ0n) is 16.5. The Morgan fingerprint density at radius 1 is 1.07 bits per heavy atom. The lowest BCUT2D eigenvalue weighted by Crippen LogP contribution is -2.08. The number of methoxy groups -OCH3 is 2. The van der Waals surface area contributed by atoms with E-state index in [1.807, 2.05) is 49.5 Å². The first-order valence-electron chi connectivity index (χ1n) is 8.91. The second-order valence-corrected chi connectivity index (χ2v) is 6.06. The van der Waals surface area contributed by atoms with E-state index in [1.54, 1.807) is 36.5 Å². The second kappa shape index (κ2) is 9.45. The van der Waals surface area contributed by atoms with Gasteiger partial charge in [-0.1, -0.05) is 18.2 Å². The molecule has 0 unspecified atom stereocenters. The van der Waals surface area contributed by atoms with E-state index in [9.17, 15) is 4.79 Å². The van der Waals surface area contributed by atoms with E-state index in [-0.39, 0.29) is 12.4 Å². The maximum absolute atomic E-state index is 11.4. The first kappa shape index (κ1) is 20.0. The number of carbonyl (C=O) groups is 1. The zero-order valence-corrected chi connectivity index (χ0v) is 16.5. The van der Waals surface area contributed by atoms with Gasteiger partial charge in [0.25, 0.3) is 0 Å². The van der Waals surface area contributed by atoms with E-state index < -0.39 is 5.97 Å². The number of ether oxygens (including phenoxy) is 3. The summed E-state index contributed by atoms with van der Waals surface area (Å²) < 4.78 is 21.2. The number of hydrogen-bond donors (Lipinski definition) is 0. The number of hydrogen-bond acceptors (Lipinski definition) is 7. The Morgan fingerprint density at radius 3 is 2.59 bits per heavy atom. The van der Waals surface area contributed by atoms with Crippen LogP contribution in [0.1, 0.15) is 21.9 Å². The van der Waals surface area contributed by atoms with E-state index >= 15 is 0 Å². The van der Waals surface area contributed by atoms with Crippen molar-refractivity contribution in [3.05, 3.63) is 77.7 Å². The standard InChI is InChI=1S/C22H22N2O5/c1-24(17-7-5-4-6-8-17)23-14-16-9-11-19(21(13-16)26-2)28-15-18-10-12-20(29-18)22(25)27-3/h4-14H,15H2,1-3H3/b23-14-. The summed E-state index contributed by atoms with van der Waals surface area (Å²) in [7, 11) is 4.75. The summed E-state index contributed by atoms with van der Waals surface area (Å²) >= 11 is 0. The molecule has 3 rings (SSSR count). The van der Waals surface area contributed by atoms with Crippen LogP contribution in [0.3, 0.4) is 0 Å². The number of anilines is 1. The molecule has 0 amide bonds. The number of nitrogens with zero attached hydrogens (tertiary/aromatic N) is 2. The maximum atomic E-state index is 11.4. The number of hydrazone groups is 1. The van der Waals surface area contributed by atoms with Gasteiger partial charge < -0.3 is 18.6 Å². The SMILES string of the molecule is COC(=O)c1ccc(COc2ccc(/C=N\N(C)c3ccccc3)cc2OC)o1. The highest BCUT2D eigenvalue weighted by Gasteiger charge is 2.12. The van der Waals surface area contributed by atoms with Gasteiger partial charge in [0.1, 0.15) is 12.4 Å². The van der Waals surface area contributed by atoms with Crippen LogP contribution in [-0.4, -0.2) is 33.5 Å². The van der Waals surface area contributed by atoms with Crippen LogP contribution in [-0.2, 0) is 11.3 Å². The molecule has 0 fully saturated rings. The fourth-order valence-electron chi connectivity index (χ4n) is 2.56. The van der Waals surface area contributed by atoms with Crippen LogP contribution in [0.15, 0.2) is 70.2 Å². The van der Waals surface area contributed by atoms with Crippen LogP contribution in [0.25, 0.3) is 0 Å². The third-order valence-electron chi connectivity index (χ3n) is 4.12. The molecule has 0 saturated heterocycles. The first-order chi connectivity index (χ1) is 14.1. The molecule has 3 aromatic rings. The van der Waals surface area contributed by atoms with E-state index in [4.69, 9.17) is 13.9 Å². The molecule has 0 N–H and O–H groups in total. The Kier molecular flexibility index (Phi) is 6.52. The molecule has 29 heavy (non-hydrogen) atoms. The quantitative estimate of drug-likeness (QED) is 0.325. The summed E-state index contributed by atoms with van der Waals surface area (Å²) in [4.78, 5) is 11.4. The molecule has 0 radical (unpaired) electrons. The average Bonchev–Trinajstić information content (AvgIpc) is 3.25. The van der Waals surface area contributed by atoms with Gasteiger partial charge in [-0.15, -0.1) is 0 Å². The molecule has 0 spiro atoms. The van der Waals surface area contributed by atoms with E-state index in [0.29, 0.717) is 17.3 Å². The predicted molar refractivity (Wildman–Crippen MR) is 110 cm³/mol. The Balaban J connectivity index is 1.66. The van der Waals surface area contributed by atoms with Crippen molar-refractivity contribution in [2.75, 3.05) is 26.3 Å². The summed E-state index contributed by atoms with van der Waals surface area (Å²) in [6.07, 6.45) is 1.74. The maximum Gasteiger partial charge on any atom is 0.373 e. The van der Waals surface area contributed by atoms with Crippen LogP contribution in [0.4, 0.5) is 5.69 Å². The molecular weight excluding hydrogens is 372 g/mol. The predicted octanol–water partition coefficient (Wildman–Crippen LogP) is 4.12. The molecule has 0 bridgehead atoms. The minimum Gasteiger partial charge on any atom is -0.493 e. The number of carbonyl (C=O) groups excluding carboxylic acids is 1. The summed E-state index contributed by atoms with van der Waals surface area (Å²) in [5.41, 5.74) is 1.85. The lowest BCUT2D eigenvalue weighted by molar-refractivity contribution is 0.0561. The van der Waals surface area contributed by atoms with Crippen LogP contribution >= 0.6 is 0 Å². The number of benzene rings is 2. The van der Waals surface area contributed by atoms with Gasteiger partial charge in [0.2, 0.25) is 5.76 Å². The molecule has 0 saturated carbocycles. The molecule has 0 aliphatic carbocycles. The van der Waals surface area contributed by atoms with Gasteiger partial charge in [0, 0.05) is 7.05 Å². The van der Waals surface area contributed by atoms with Crippen molar-refractivity contribution in [1.82, 2.24) is 0 Å². The third kappa shape index (κ3) is 5.16. The van der Waals surface area contributed by atoms with Crippen molar-refractivity contribution in [1.29, 1.82) is 0 Å². The molecule has 2 aromatic carbocycles. The molecule has 7 heteroatoms. The molecule has 1 heterocycles. The number of para-hydroxylation sites is 1. The van der Waals surface area contributed by atoms with Gasteiger partial charge in [-0.05, 0) is 48.0 Å². The van der Waals surface area contributed by atoms with Crippen molar-refractivity contribution in [2.45, 2.75) is 6.61 Å². The van der Waals surface area contributed by atoms with Gasteiger partial charge in [0.05, 0.1) is 26.1 Å². The Hall–Kier alpha value is -3.74. The topological polar surface area (TPSA) is 73.5 Å².